The Kier molecular flexibility index (Phi) is 4.78. The van der Waals surface area contributed by atoms with Crippen molar-refractivity contribution in [2.24, 2.45) is 15.7 Å². The lowest BCUT2D eigenvalue weighted by Gasteiger charge is -2.39. The highest BCUT2D eigenvalue weighted by atomic mass is 32.2. The van der Waals surface area contributed by atoms with Gasteiger partial charge in [0.2, 0.25) is 0 Å². The number of rotatable bonds is 3. The van der Waals surface area contributed by atoms with Crippen LogP contribution >= 0.6 is 0 Å². The van der Waals surface area contributed by atoms with Gasteiger partial charge < -0.3 is 0 Å². The van der Waals surface area contributed by atoms with Crippen molar-refractivity contribution < 1.29 is 8.42 Å². The number of hydrogen-bond donors (Lipinski definition) is 0. The lowest BCUT2D eigenvalue weighted by molar-refractivity contribution is 0.251. The predicted molar refractivity (Wildman–Crippen MR) is 115 cm³/mol. The van der Waals surface area contributed by atoms with E-state index in [2.05, 4.69) is 42.5 Å². The Hall–Kier alpha value is -2.20. The van der Waals surface area contributed by atoms with Gasteiger partial charge in [-0.25, -0.2) is 0 Å². The van der Waals surface area contributed by atoms with Crippen molar-refractivity contribution in [3.05, 3.63) is 71.3 Å². The molecule has 1 saturated carbocycles. The molecule has 28 heavy (non-hydrogen) atoms. The molecule has 4 heteroatoms. The van der Waals surface area contributed by atoms with Gasteiger partial charge in [-0.05, 0) is 55.5 Å². The van der Waals surface area contributed by atoms with Crippen LogP contribution in [0.4, 0.5) is 0 Å². The van der Waals surface area contributed by atoms with E-state index in [0.29, 0.717) is 0 Å². The van der Waals surface area contributed by atoms with Crippen LogP contribution in [0, 0.1) is 18.3 Å². The summed E-state index contributed by atoms with van der Waals surface area (Å²) in [5, 5.41) is 0. The van der Waals surface area contributed by atoms with Crippen molar-refractivity contribution in [2.75, 3.05) is 0 Å². The Morgan fingerprint density at radius 3 is 2.32 bits per heavy atom. The average molecular weight is 394 g/mol. The van der Waals surface area contributed by atoms with Crippen LogP contribution in [-0.2, 0) is 10.0 Å². The van der Waals surface area contributed by atoms with Crippen molar-refractivity contribution in [3.63, 3.8) is 0 Å². The molecule has 0 saturated heterocycles. The van der Waals surface area contributed by atoms with Gasteiger partial charge in [0.15, 0.2) is 0 Å². The SMILES string of the molecule is CC1=C(c2ccccc2)[C@]2(C)CCCC[C@@H]2/C1=N/S(=O)(=O)c1ccc(C)cc1. The fourth-order valence-electron chi connectivity index (χ4n) is 5.06. The largest absolute Gasteiger partial charge is 0.282 e. The minimum Gasteiger partial charge on any atom is -0.199 e. The van der Waals surface area contributed by atoms with Gasteiger partial charge in [0.05, 0.1) is 10.6 Å². The van der Waals surface area contributed by atoms with E-state index >= 15 is 0 Å². The first-order valence-electron chi connectivity index (χ1n) is 10.0. The molecule has 4 rings (SSSR count). The third-order valence-electron chi connectivity index (χ3n) is 6.47. The standard InChI is InChI=1S/C24H27NO2S/c1-17-12-14-20(15-13-17)28(26,27)25-23-18(2)22(19-9-5-4-6-10-19)24(3)16-8-7-11-21(23)24/h4-6,9-10,12-15,21H,7-8,11,16H2,1-3H3/b25-23+/t21-,24-/m1/s1. The highest BCUT2D eigenvalue weighted by molar-refractivity contribution is 7.90. The van der Waals surface area contributed by atoms with Crippen molar-refractivity contribution in [1.82, 2.24) is 0 Å². The third-order valence-corrected chi connectivity index (χ3v) is 7.77. The summed E-state index contributed by atoms with van der Waals surface area (Å²) in [6, 6.07) is 17.3. The summed E-state index contributed by atoms with van der Waals surface area (Å²) in [5.41, 5.74) is 5.25. The zero-order valence-corrected chi connectivity index (χ0v) is 17.6. The second-order valence-electron chi connectivity index (χ2n) is 8.35. The maximum atomic E-state index is 13.1. The molecule has 0 bridgehead atoms. The third kappa shape index (κ3) is 3.14. The number of fused-ring (bicyclic) bond motifs is 1. The normalized spacial score (nSPS) is 26.5. The first kappa shape index (κ1) is 19.1. The summed E-state index contributed by atoms with van der Waals surface area (Å²) in [6.45, 7) is 6.30. The molecule has 0 radical (unpaired) electrons. The monoisotopic (exact) mass is 393 g/mol. The Labute approximate surface area is 168 Å². The van der Waals surface area contributed by atoms with Crippen LogP contribution in [0.1, 0.15) is 50.7 Å². The molecule has 1 fully saturated rings. The zero-order chi connectivity index (χ0) is 19.9. The molecular formula is C24H27NO2S. The lowest BCUT2D eigenvalue weighted by atomic mass is 9.65. The van der Waals surface area contributed by atoms with Crippen LogP contribution in [0.5, 0.6) is 0 Å². The number of hydrogen-bond acceptors (Lipinski definition) is 2. The van der Waals surface area contributed by atoms with Gasteiger partial charge in [-0.1, -0.05) is 67.8 Å². The molecule has 0 heterocycles. The van der Waals surface area contributed by atoms with Crippen LogP contribution in [0.2, 0.25) is 0 Å². The summed E-state index contributed by atoms with van der Waals surface area (Å²) >= 11 is 0. The van der Waals surface area contributed by atoms with Crippen molar-refractivity contribution in [1.29, 1.82) is 0 Å². The number of allylic oxidation sites excluding steroid dienone is 2. The predicted octanol–water partition coefficient (Wildman–Crippen LogP) is 5.81. The molecule has 2 aliphatic carbocycles. The van der Waals surface area contributed by atoms with Gasteiger partial charge in [0, 0.05) is 11.3 Å². The molecule has 2 atom stereocenters. The zero-order valence-electron chi connectivity index (χ0n) is 16.8. The summed E-state index contributed by atoms with van der Waals surface area (Å²) in [4.78, 5) is 0.268. The molecule has 0 aliphatic heterocycles. The Morgan fingerprint density at radius 2 is 1.64 bits per heavy atom. The maximum absolute atomic E-state index is 13.1. The van der Waals surface area contributed by atoms with Gasteiger partial charge in [0.25, 0.3) is 10.0 Å². The number of aryl methyl sites for hydroxylation is 1. The highest BCUT2D eigenvalue weighted by Crippen LogP contribution is 2.57. The Balaban J connectivity index is 1.87. The van der Waals surface area contributed by atoms with E-state index in [1.165, 1.54) is 17.6 Å². The van der Waals surface area contributed by atoms with Gasteiger partial charge in [-0.3, -0.25) is 0 Å². The van der Waals surface area contributed by atoms with E-state index in [4.69, 9.17) is 0 Å². The average Bonchev–Trinajstić information content (AvgIpc) is 2.89. The number of nitrogens with zero attached hydrogens (tertiary/aromatic N) is 1. The molecule has 2 aromatic carbocycles. The molecule has 146 valence electrons. The Morgan fingerprint density at radius 1 is 0.964 bits per heavy atom. The van der Waals surface area contributed by atoms with Crippen LogP contribution < -0.4 is 0 Å². The second-order valence-corrected chi connectivity index (χ2v) is 9.95. The number of benzene rings is 2. The quantitative estimate of drug-likeness (QED) is 0.661. The first-order chi connectivity index (χ1) is 13.3. The summed E-state index contributed by atoms with van der Waals surface area (Å²) in [5.74, 6) is 0.164. The van der Waals surface area contributed by atoms with E-state index < -0.39 is 10.0 Å². The summed E-state index contributed by atoms with van der Waals surface area (Å²) in [7, 11) is -3.72. The minimum atomic E-state index is -3.72. The van der Waals surface area contributed by atoms with E-state index in [1.54, 1.807) is 12.1 Å². The smallest absolute Gasteiger partial charge is 0.199 e. The fourth-order valence-corrected chi connectivity index (χ4v) is 6.17. The van der Waals surface area contributed by atoms with Crippen LogP contribution in [0.15, 0.2) is 69.5 Å². The molecule has 2 aliphatic rings. The maximum Gasteiger partial charge on any atom is 0.282 e. The van der Waals surface area contributed by atoms with Gasteiger partial charge in [-0.2, -0.15) is 12.8 Å². The van der Waals surface area contributed by atoms with Crippen molar-refractivity contribution in [3.8, 4) is 0 Å². The van der Waals surface area contributed by atoms with Crippen molar-refractivity contribution >= 4 is 21.3 Å². The van der Waals surface area contributed by atoms with Gasteiger partial charge >= 0.3 is 0 Å². The second kappa shape index (κ2) is 7.00. The van der Waals surface area contributed by atoms with E-state index in [-0.39, 0.29) is 16.2 Å². The molecule has 2 aromatic rings. The van der Waals surface area contributed by atoms with Crippen molar-refractivity contribution in [2.45, 2.75) is 51.3 Å². The van der Waals surface area contributed by atoms with Gasteiger partial charge in [-0.15, -0.1) is 0 Å². The molecule has 0 aromatic heterocycles. The Bertz CT molecular complexity index is 1050. The van der Waals surface area contributed by atoms with E-state index in [0.717, 1.165) is 36.1 Å². The molecule has 3 nitrogen and oxygen atoms in total. The molecular weight excluding hydrogens is 366 g/mol. The van der Waals surface area contributed by atoms with Crippen LogP contribution in [0.25, 0.3) is 5.57 Å². The van der Waals surface area contributed by atoms with Crippen LogP contribution in [-0.4, -0.2) is 14.1 Å². The highest BCUT2D eigenvalue weighted by Gasteiger charge is 2.49. The molecule has 0 unspecified atom stereocenters. The van der Waals surface area contributed by atoms with E-state index in [9.17, 15) is 8.42 Å². The number of sulfonamides is 1. The minimum absolute atomic E-state index is 0.0503. The lowest BCUT2D eigenvalue weighted by Crippen LogP contribution is -2.32. The van der Waals surface area contributed by atoms with E-state index in [1.807, 2.05) is 25.1 Å². The van der Waals surface area contributed by atoms with Gasteiger partial charge in [0.1, 0.15) is 0 Å². The van der Waals surface area contributed by atoms with Crippen LogP contribution in [0.3, 0.4) is 0 Å². The first-order valence-corrected chi connectivity index (χ1v) is 11.5. The molecule has 0 spiro atoms. The summed E-state index contributed by atoms with van der Waals surface area (Å²) < 4.78 is 30.5. The molecule has 0 amide bonds. The topological polar surface area (TPSA) is 46.5 Å². The fraction of sp³-hybridized carbons (Fsp3) is 0.375. The molecule has 0 N–H and O–H groups in total. The summed E-state index contributed by atoms with van der Waals surface area (Å²) in [6.07, 6.45) is 4.36.